The summed E-state index contributed by atoms with van der Waals surface area (Å²) in [5, 5.41) is 0. The van der Waals surface area contributed by atoms with Crippen LogP contribution in [0.2, 0.25) is 0 Å². The minimum absolute atomic E-state index is 0.153. The lowest BCUT2D eigenvalue weighted by atomic mass is 9.93. The van der Waals surface area contributed by atoms with E-state index in [-0.39, 0.29) is 17.7 Å². The van der Waals surface area contributed by atoms with E-state index in [1.165, 1.54) is 18.4 Å². The Hall–Kier alpha value is -4.36. The summed E-state index contributed by atoms with van der Waals surface area (Å²) in [5.41, 5.74) is 2.46. The molecule has 0 bridgehead atoms. The van der Waals surface area contributed by atoms with E-state index >= 15 is 0 Å². The normalized spacial score (nSPS) is 14.3. The number of fused-ring (bicyclic) bond motifs is 1. The number of hydrogen-bond acceptors (Lipinski definition) is 9. The van der Waals surface area contributed by atoms with Crippen LogP contribution >= 0.6 is 33.9 Å². The molecule has 1 aliphatic heterocycles. The Balaban J connectivity index is 1.79. The van der Waals surface area contributed by atoms with Crippen LogP contribution in [0.1, 0.15) is 29.7 Å². The predicted molar refractivity (Wildman–Crippen MR) is 182 cm³/mol. The fourth-order valence-corrected chi connectivity index (χ4v) is 6.82. The minimum atomic E-state index is -0.859. The fourth-order valence-electron chi connectivity index (χ4n) is 5.04. The number of nitrogens with zero attached hydrogens (tertiary/aromatic N) is 2. The smallest absolute Gasteiger partial charge is 0.338 e. The third-order valence-corrected chi connectivity index (χ3v) is 8.78. The van der Waals surface area contributed by atoms with E-state index in [1.54, 1.807) is 50.0 Å². The number of ether oxygens (including phenoxy) is 5. The molecule has 3 aromatic carbocycles. The summed E-state index contributed by atoms with van der Waals surface area (Å²) in [7, 11) is 4.65. The van der Waals surface area contributed by atoms with Crippen molar-refractivity contribution >= 4 is 51.7 Å². The Kier molecular flexibility index (Phi) is 10.1. The molecular formula is C34H31IN2O7S. The van der Waals surface area contributed by atoms with E-state index in [9.17, 15) is 9.59 Å². The number of rotatable bonds is 11. The Morgan fingerprint density at radius 2 is 1.76 bits per heavy atom. The first-order chi connectivity index (χ1) is 21.8. The number of methoxy groups -OCH3 is 3. The highest BCUT2D eigenvalue weighted by molar-refractivity contribution is 14.1. The van der Waals surface area contributed by atoms with E-state index < -0.39 is 12.0 Å². The maximum absolute atomic E-state index is 14.3. The van der Waals surface area contributed by atoms with Gasteiger partial charge in [0.2, 0.25) is 0 Å². The van der Waals surface area contributed by atoms with Crippen molar-refractivity contribution in [1.82, 2.24) is 4.57 Å². The minimum Gasteiger partial charge on any atom is -0.493 e. The number of hydrogen-bond donors (Lipinski definition) is 0. The highest BCUT2D eigenvalue weighted by Gasteiger charge is 2.35. The average molecular weight is 739 g/mol. The van der Waals surface area contributed by atoms with Crippen LogP contribution in [0.4, 0.5) is 0 Å². The van der Waals surface area contributed by atoms with E-state index in [1.807, 2.05) is 48.5 Å². The van der Waals surface area contributed by atoms with E-state index in [2.05, 4.69) is 29.2 Å². The Bertz CT molecular complexity index is 1960. The van der Waals surface area contributed by atoms with E-state index in [0.29, 0.717) is 50.2 Å². The third kappa shape index (κ3) is 6.40. The molecule has 0 aliphatic carbocycles. The van der Waals surface area contributed by atoms with Gasteiger partial charge in [-0.05, 0) is 71.0 Å². The van der Waals surface area contributed by atoms with Gasteiger partial charge in [-0.25, -0.2) is 9.79 Å². The van der Waals surface area contributed by atoms with Crippen molar-refractivity contribution in [3.8, 4) is 23.0 Å². The second-order valence-electron chi connectivity index (χ2n) is 9.68. The molecular weight excluding hydrogens is 707 g/mol. The molecule has 0 radical (unpaired) electrons. The number of carbonyl (C=O) groups excluding carboxylic acids is 1. The molecule has 5 rings (SSSR count). The molecule has 1 aliphatic rings. The highest BCUT2D eigenvalue weighted by atomic mass is 127. The molecule has 0 saturated heterocycles. The molecule has 0 N–H and O–H groups in total. The van der Waals surface area contributed by atoms with Crippen molar-refractivity contribution in [3.05, 3.63) is 119 Å². The van der Waals surface area contributed by atoms with Gasteiger partial charge in [0.1, 0.15) is 6.61 Å². The van der Waals surface area contributed by atoms with Crippen LogP contribution in [0.3, 0.4) is 0 Å². The topological polar surface area (TPSA) is 97.6 Å². The van der Waals surface area contributed by atoms with E-state index in [0.717, 1.165) is 14.7 Å². The quantitative estimate of drug-likeness (QED) is 0.120. The number of halogens is 1. The number of aromatic nitrogens is 1. The van der Waals surface area contributed by atoms with Crippen LogP contribution in [-0.4, -0.2) is 45.1 Å². The van der Waals surface area contributed by atoms with Gasteiger partial charge in [-0.1, -0.05) is 60.4 Å². The van der Waals surface area contributed by atoms with Gasteiger partial charge in [0.15, 0.2) is 27.8 Å². The Morgan fingerprint density at radius 1 is 1.02 bits per heavy atom. The number of carbonyl (C=O) groups is 1. The van der Waals surface area contributed by atoms with Crippen LogP contribution in [-0.2, 0) is 9.53 Å². The summed E-state index contributed by atoms with van der Waals surface area (Å²) in [6.07, 6.45) is 3.45. The predicted octanol–water partition coefficient (Wildman–Crippen LogP) is 5.13. The summed E-state index contributed by atoms with van der Waals surface area (Å²) in [4.78, 5) is 33.3. The molecule has 0 spiro atoms. The first-order valence-electron chi connectivity index (χ1n) is 14.0. The second-order valence-corrected chi connectivity index (χ2v) is 11.9. The highest BCUT2D eigenvalue weighted by Crippen LogP contribution is 2.39. The molecule has 0 amide bonds. The summed E-state index contributed by atoms with van der Waals surface area (Å²) >= 11 is 3.41. The first kappa shape index (κ1) is 32.0. The van der Waals surface area contributed by atoms with E-state index in [4.69, 9.17) is 28.7 Å². The Labute approximate surface area is 277 Å². The summed E-state index contributed by atoms with van der Waals surface area (Å²) in [6, 6.07) is 17.6. The molecule has 0 unspecified atom stereocenters. The van der Waals surface area contributed by atoms with Gasteiger partial charge in [0.25, 0.3) is 5.56 Å². The zero-order valence-electron chi connectivity index (χ0n) is 25.2. The van der Waals surface area contributed by atoms with Gasteiger partial charge >= 0.3 is 5.97 Å². The molecule has 45 heavy (non-hydrogen) atoms. The van der Waals surface area contributed by atoms with Gasteiger partial charge in [0.05, 0.1) is 53.4 Å². The monoisotopic (exact) mass is 738 g/mol. The number of esters is 1. The molecule has 232 valence electrons. The molecule has 9 nitrogen and oxygen atoms in total. The van der Waals surface area contributed by atoms with Crippen molar-refractivity contribution in [1.29, 1.82) is 0 Å². The molecule has 1 atom stereocenters. The van der Waals surface area contributed by atoms with Gasteiger partial charge in [-0.3, -0.25) is 9.36 Å². The van der Waals surface area contributed by atoms with Crippen LogP contribution in [0, 0.1) is 3.57 Å². The largest absolute Gasteiger partial charge is 0.493 e. The van der Waals surface area contributed by atoms with Crippen molar-refractivity contribution in [3.63, 3.8) is 0 Å². The SMILES string of the molecule is C=CCOc1c(I)cc(/C=c2\sc3n(c2=O)[C@@H](c2ccc(OC)c(OC)c2)C(C(=O)OCC)=C(c2ccccc2)N=3)cc1OC. The maximum Gasteiger partial charge on any atom is 0.338 e. The van der Waals surface area contributed by atoms with Gasteiger partial charge in [0, 0.05) is 5.56 Å². The zero-order chi connectivity index (χ0) is 32.1. The average Bonchev–Trinajstić information content (AvgIpc) is 3.37. The molecule has 0 saturated carbocycles. The van der Waals surface area contributed by atoms with Crippen LogP contribution in [0.5, 0.6) is 23.0 Å². The summed E-state index contributed by atoms with van der Waals surface area (Å²) in [6.45, 7) is 5.93. The lowest BCUT2D eigenvalue weighted by Gasteiger charge is -2.26. The summed E-state index contributed by atoms with van der Waals surface area (Å²) < 4.78 is 30.8. The molecule has 4 aromatic rings. The summed E-state index contributed by atoms with van der Waals surface area (Å²) in [5.74, 6) is 1.53. The van der Waals surface area contributed by atoms with Crippen molar-refractivity contribution in [2.45, 2.75) is 13.0 Å². The van der Waals surface area contributed by atoms with Crippen molar-refractivity contribution < 1.29 is 28.5 Å². The van der Waals surface area contributed by atoms with Crippen LogP contribution in [0.25, 0.3) is 11.8 Å². The van der Waals surface area contributed by atoms with Gasteiger partial charge < -0.3 is 23.7 Å². The zero-order valence-corrected chi connectivity index (χ0v) is 28.1. The van der Waals surface area contributed by atoms with Crippen LogP contribution < -0.4 is 33.8 Å². The maximum atomic E-state index is 14.3. The molecule has 0 fully saturated rings. The van der Waals surface area contributed by atoms with Gasteiger partial charge in [-0.2, -0.15) is 0 Å². The standard InChI is InChI=1S/C34H31IN2O7S/c1-6-15-44-31-23(35)16-20(17-26(31)42-5)18-27-32(38)37-30(22-13-14-24(40-3)25(19-22)41-4)28(33(39)43-7-2)29(36-34(37)45-27)21-11-9-8-10-12-21/h6,8-14,16-19,30H,1,7,15H2,2-5H3/b27-18-/t30-/m0/s1. The first-order valence-corrected chi connectivity index (χ1v) is 15.9. The fraction of sp³-hybridized carbons (Fsp3) is 0.206. The van der Waals surface area contributed by atoms with Crippen molar-refractivity contribution in [2.75, 3.05) is 34.5 Å². The Morgan fingerprint density at radius 3 is 2.42 bits per heavy atom. The molecule has 2 heterocycles. The lowest BCUT2D eigenvalue weighted by molar-refractivity contribution is -0.138. The van der Waals surface area contributed by atoms with Gasteiger partial charge in [-0.15, -0.1) is 0 Å². The number of benzene rings is 3. The number of thiazole rings is 1. The third-order valence-electron chi connectivity index (χ3n) is 6.99. The van der Waals surface area contributed by atoms with Crippen LogP contribution in [0.15, 0.2) is 88.7 Å². The van der Waals surface area contributed by atoms with Crippen molar-refractivity contribution in [2.24, 2.45) is 4.99 Å². The molecule has 11 heteroatoms. The second kappa shape index (κ2) is 14.2. The molecule has 1 aromatic heterocycles. The lowest BCUT2D eigenvalue weighted by Crippen LogP contribution is -2.40.